The van der Waals surface area contributed by atoms with Crippen LogP contribution in [0.3, 0.4) is 0 Å². The van der Waals surface area contributed by atoms with Crippen LogP contribution in [0.2, 0.25) is 0 Å². The maximum Gasteiger partial charge on any atom is 0.174 e. The third-order valence-electron chi connectivity index (χ3n) is 1.87. The summed E-state index contributed by atoms with van der Waals surface area (Å²) < 4.78 is 5.15. The highest BCUT2D eigenvalue weighted by Crippen LogP contribution is 2.19. The Labute approximate surface area is 82.9 Å². The summed E-state index contributed by atoms with van der Waals surface area (Å²) in [4.78, 5) is 11.0. The topological polar surface area (TPSA) is 50.1 Å². The largest absolute Gasteiger partial charge is 0.478 e. The van der Waals surface area contributed by atoms with Gasteiger partial charge in [0.2, 0.25) is 0 Å². The molecule has 0 fully saturated rings. The van der Waals surface area contributed by atoms with Gasteiger partial charge in [-0.3, -0.25) is 4.79 Å². The number of carbonyl (C=O) groups is 1. The average molecular weight is 189 g/mol. The molecule has 0 atom stereocenters. The van der Waals surface area contributed by atoms with E-state index in [0.717, 1.165) is 5.56 Å². The Bertz CT molecular complexity index is 391. The Hall–Kier alpha value is -1.82. The van der Waals surface area contributed by atoms with Crippen LogP contribution in [0, 0.1) is 18.3 Å². The number of nitrogens with zero attached hydrogens (tertiary/aromatic N) is 1. The minimum Gasteiger partial charge on any atom is -0.478 e. The SMILES string of the molecule is CC(=O)c1ccc(OCC#N)c(C)c1. The smallest absolute Gasteiger partial charge is 0.174 e. The summed E-state index contributed by atoms with van der Waals surface area (Å²) in [6.07, 6.45) is 0. The lowest BCUT2D eigenvalue weighted by atomic mass is 10.1. The molecule has 0 spiro atoms. The van der Waals surface area contributed by atoms with Crippen molar-refractivity contribution in [1.82, 2.24) is 0 Å². The number of nitriles is 1. The van der Waals surface area contributed by atoms with Crippen molar-refractivity contribution in [3.63, 3.8) is 0 Å². The fourth-order valence-electron chi connectivity index (χ4n) is 1.14. The number of carbonyl (C=O) groups excluding carboxylic acids is 1. The van der Waals surface area contributed by atoms with E-state index in [9.17, 15) is 4.79 Å². The van der Waals surface area contributed by atoms with Gasteiger partial charge in [-0.05, 0) is 37.6 Å². The molecule has 0 aromatic heterocycles. The standard InChI is InChI=1S/C11H11NO2/c1-8-7-10(9(2)13)3-4-11(8)14-6-5-12/h3-4,7H,6H2,1-2H3. The number of hydrogen-bond acceptors (Lipinski definition) is 3. The van der Waals surface area contributed by atoms with E-state index in [2.05, 4.69) is 0 Å². The molecule has 0 heterocycles. The van der Waals surface area contributed by atoms with Gasteiger partial charge in [0.1, 0.15) is 11.8 Å². The molecule has 0 unspecified atom stereocenters. The third-order valence-corrected chi connectivity index (χ3v) is 1.87. The van der Waals surface area contributed by atoms with Crippen molar-refractivity contribution in [2.24, 2.45) is 0 Å². The van der Waals surface area contributed by atoms with Gasteiger partial charge in [0.05, 0.1) is 0 Å². The number of aryl methyl sites for hydroxylation is 1. The van der Waals surface area contributed by atoms with Crippen molar-refractivity contribution in [2.45, 2.75) is 13.8 Å². The van der Waals surface area contributed by atoms with Crippen LogP contribution in [0.5, 0.6) is 5.75 Å². The first-order valence-corrected chi connectivity index (χ1v) is 4.26. The van der Waals surface area contributed by atoms with Crippen molar-refractivity contribution < 1.29 is 9.53 Å². The Morgan fingerprint density at radius 3 is 2.79 bits per heavy atom. The number of rotatable bonds is 3. The summed E-state index contributed by atoms with van der Waals surface area (Å²) in [6, 6.07) is 7.06. The highest BCUT2D eigenvalue weighted by atomic mass is 16.5. The molecule has 0 saturated heterocycles. The fraction of sp³-hybridized carbons (Fsp3) is 0.273. The number of ether oxygens (including phenoxy) is 1. The summed E-state index contributed by atoms with van der Waals surface area (Å²) in [7, 11) is 0. The first kappa shape index (κ1) is 10.3. The van der Waals surface area contributed by atoms with Crippen LogP contribution in [0.4, 0.5) is 0 Å². The molecule has 0 aliphatic heterocycles. The molecular formula is C11H11NO2. The minimum atomic E-state index is 0.0277. The summed E-state index contributed by atoms with van der Waals surface area (Å²) in [5.74, 6) is 0.677. The van der Waals surface area contributed by atoms with Gasteiger partial charge < -0.3 is 4.74 Å². The van der Waals surface area contributed by atoms with Gasteiger partial charge in [-0.1, -0.05) is 0 Å². The molecule has 1 aromatic rings. The van der Waals surface area contributed by atoms with Crippen LogP contribution < -0.4 is 4.74 Å². The first-order chi connectivity index (χ1) is 6.65. The lowest BCUT2D eigenvalue weighted by Crippen LogP contribution is -1.98. The number of hydrogen-bond donors (Lipinski definition) is 0. The quantitative estimate of drug-likeness (QED) is 0.684. The maximum absolute atomic E-state index is 11.0. The number of Topliss-reactive ketones (excluding diaryl/α,β-unsaturated/α-hetero) is 1. The molecule has 0 saturated carbocycles. The normalized spacial score (nSPS) is 9.21. The average Bonchev–Trinajstić information content (AvgIpc) is 2.15. The highest BCUT2D eigenvalue weighted by molar-refractivity contribution is 5.94. The van der Waals surface area contributed by atoms with Crippen LogP contribution in [0.1, 0.15) is 22.8 Å². The Morgan fingerprint density at radius 1 is 1.57 bits per heavy atom. The Balaban J connectivity index is 2.91. The van der Waals surface area contributed by atoms with Crippen molar-refractivity contribution in [3.8, 4) is 11.8 Å². The molecule has 0 radical (unpaired) electrons. The van der Waals surface area contributed by atoms with Crippen LogP contribution >= 0.6 is 0 Å². The summed E-state index contributed by atoms with van der Waals surface area (Å²) >= 11 is 0. The second kappa shape index (κ2) is 4.43. The van der Waals surface area contributed by atoms with Crippen LogP contribution in [-0.4, -0.2) is 12.4 Å². The molecule has 0 amide bonds. The highest BCUT2D eigenvalue weighted by Gasteiger charge is 2.03. The van der Waals surface area contributed by atoms with Gasteiger partial charge >= 0.3 is 0 Å². The van der Waals surface area contributed by atoms with Crippen LogP contribution in [-0.2, 0) is 0 Å². The van der Waals surface area contributed by atoms with E-state index < -0.39 is 0 Å². The van der Waals surface area contributed by atoms with E-state index in [1.165, 1.54) is 6.92 Å². The van der Waals surface area contributed by atoms with E-state index in [0.29, 0.717) is 11.3 Å². The second-order valence-electron chi connectivity index (χ2n) is 2.98. The van der Waals surface area contributed by atoms with Crippen molar-refractivity contribution in [3.05, 3.63) is 29.3 Å². The molecule has 72 valence electrons. The maximum atomic E-state index is 11.0. The fourth-order valence-corrected chi connectivity index (χ4v) is 1.14. The van der Waals surface area contributed by atoms with Crippen molar-refractivity contribution >= 4 is 5.78 Å². The molecule has 0 N–H and O–H groups in total. The van der Waals surface area contributed by atoms with Gasteiger partial charge in [0.15, 0.2) is 12.4 Å². The number of benzene rings is 1. The molecule has 3 heteroatoms. The zero-order valence-corrected chi connectivity index (χ0v) is 8.20. The molecule has 1 aromatic carbocycles. The van der Waals surface area contributed by atoms with Gasteiger partial charge in [0, 0.05) is 5.56 Å². The molecule has 0 aliphatic carbocycles. The molecule has 3 nitrogen and oxygen atoms in total. The lowest BCUT2D eigenvalue weighted by Gasteiger charge is -2.06. The summed E-state index contributed by atoms with van der Waals surface area (Å²) in [5, 5.41) is 8.33. The second-order valence-corrected chi connectivity index (χ2v) is 2.98. The van der Waals surface area contributed by atoms with E-state index in [4.69, 9.17) is 10.00 Å². The van der Waals surface area contributed by atoms with E-state index in [-0.39, 0.29) is 12.4 Å². The number of ketones is 1. The lowest BCUT2D eigenvalue weighted by molar-refractivity contribution is 0.101. The van der Waals surface area contributed by atoms with Crippen molar-refractivity contribution in [2.75, 3.05) is 6.61 Å². The zero-order chi connectivity index (χ0) is 10.6. The van der Waals surface area contributed by atoms with E-state index in [1.54, 1.807) is 18.2 Å². The van der Waals surface area contributed by atoms with E-state index >= 15 is 0 Å². The molecule has 0 aliphatic rings. The molecular weight excluding hydrogens is 178 g/mol. The van der Waals surface area contributed by atoms with E-state index in [1.807, 2.05) is 13.0 Å². The van der Waals surface area contributed by atoms with Crippen LogP contribution in [0.15, 0.2) is 18.2 Å². The van der Waals surface area contributed by atoms with Gasteiger partial charge in [-0.2, -0.15) is 5.26 Å². The summed E-state index contributed by atoms with van der Waals surface area (Å²) in [5.41, 5.74) is 1.53. The predicted octanol–water partition coefficient (Wildman–Crippen LogP) is 2.10. The van der Waals surface area contributed by atoms with Gasteiger partial charge in [-0.15, -0.1) is 0 Å². The van der Waals surface area contributed by atoms with Crippen molar-refractivity contribution in [1.29, 1.82) is 5.26 Å². The minimum absolute atomic E-state index is 0.0277. The Kier molecular flexibility index (Phi) is 3.24. The Morgan fingerprint density at radius 2 is 2.29 bits per heavy atom. The summed E-state index contributed by atoms with van der Waals surface area (Å²) in [6.45, 7) is 3.39. The van der Waals surface area contributed by atoms with Gasteiger partial charge in [-0.25, -0.2) is 0 Å². The monoisotopic (exact) mass is 189 g/mol. The molecule has 1 rings (SSSR count). The molecule has 0 bridgehead atoms. The zero-order valence-electron chi connectivity index (χ0n) is 8.20. The van der Waals surface area contributed by atoms with Crippen LogP contribution in [0.25, 0.3) is 0 Å². The predicted molar refractivity (Wildman–Crippen MR) is 52.3 cm³/mol. The molecule has 14 heavy (non-hydrogen) atoms. The van der Waals surface area contributed by atoms with Gasteiger partial charge in [0.25, 0.3) is 0 Å². The first-order valence-electron chi connectivity index (χ1n) is 4.26. The third kappa shape index (κ3) is 2.33.